The number of aliphatic hydroxyl groups is 1. The number of nitrogens with zero attached hydrogens (tertiary/aromatic N) is 1. The zero-order valence-corrected chi connectivity index (χ0v) is 19.0. The summed E-state index contributed by atoms with van der Waals surface area (Å²) in [6.45, 7) is 4.56. The number of amides is 2. The van der Waals surface area contributed by atoms with Gasteiger partial charge < -0.3 is 19.3 Å². The minimum absolute atomic E-state index is 0.00928. The van der Waals surface area contributed by atoms with Crippen LogP contribution >= 0.6 is 0 Å². The fraction of sp³-hybridized carbons (Fsp3) is 0.480. The van der Waals surface area contributed by atoms with Gasteiger partial charge in [0.25, 0.3) is 0 Å². The van der Waals surface area contributed by atoms with Crippen molar-refractivity contribution < 1.29 is 33.7 Å². The average Bonchev–Trinajstić information content (AvgIpc) is 3.20. The van der Waals surface area contributed by atoms with Gasteiger partial charge in [-0.05, 0) is 42.6 Å². The van der Waals surface area contributed by atoms with E-state index in [0.717, 1.165) is 10.5 Å². The molecule has 1 aromatic carbocycles. The number of hydrogen-bond donors (Lipinski definition) is 1. The largest absolute Gasteiger partial charge is 0.482 e. The van der Waals surface area contributed by atoms with Gasteiger partial charge in [0.15, 0.2) is 11.9 Å². The molecule has 0 unspecified atom stereocenters. The highest BCUT2D eigenvalue weighted by Gasteiger charge is 2.46. The van der Waals surface area contributed by atoms with Crippen molar-refractivity contribution in [3.63, 3.8) is 0 Å². The molecular formula is C25H31NO7. The minimum atomic E-state index is -1.06. The van der Waals surface area contributed by atoms with Crippen LogP contribution in [-0.4, -0.2) is 66.4 Å². The van der Waals surface area contributed by atoms with Crippen LogP contribution < -0.4 is 0 Å². The number of carbonyl (C=O) groups is 3. The van der Waals surface area contributed by atoms with Crippen LogP contribution in [0.2, 0.25) is 0 Å². The molecular weight excluding hydrogens is 426 g/mol. The van der Waals surface area contributed by atoms with E-state index in [2.05, 4.69) is 0 Å². The molecule has 3 rings (SSSR count). The quantitative estimate of drug-likeness (QED) is 0.539. The van der Waals surface area contributed by atoms with Gasteiger partial charge >= 0.3 is 6.09 Å². The molecule has 0 saturated carbocycles. The van der Waals surface area contributed by atoms with Crippen molar-refractivity contribution in [2.45, 2.75) is 38.8 Å². The molecule has 0 aliphatic carbocycles. The Hall–Kier alpha value is -2.97. The van der Waals surface area contributed by atoms with E-state index in [1.54, 1.807) is 12.2 Å². The first-order chi connectivity index (χ1) is 15.9. The molecule has 3 atom stereocenters. The smallest absolute Gasteiger partial charge is 0.416 e. The summed E-state index contributed by atoms with van der Waals surface area (Å²) in [6.07, 6.45) is 3.76. The molecule has 1 saturated heterocycles. The normalized spacial score (nSPS) is 22.5. The van der Waals surface area contributed by atoms with E-state index in [1.807, 2.05) is 44.2 Å². The summed E-state index contributed by atoms with van der Waals surface area (Å²) in [6, 6.07) is 8.95. The van der Waals surface area contributed by atoms with Gasteiger partial charge in [0.05, 0.1) is 31.8 Å². The van der Waals surface area contributed by atoms with Crippen molar-refractivity contribution >= 4 is 17.8 Å². The Labute approximate surface area is 193 Å². The highest BCUT2D eigenvalue weighted by Crippen LogP contribution is 2.29. The maximum Gasteiger partial charge on any atom is 0.416 e. The molecule has 0 radical (unpaired) electrons. The van der Waals surface area contributed by atoms with Gasteiger partial charge in [0.1, 0.15) is 12.4 Å². The molecule has 2 amide bonds. The molecule has 178 valence electrons. The zero-order valence-electron chi connectivity index (χ0n) is 19.0. The van der Waals surface area contributed by atoms with Gasteiger partial charge in [0, 0.05) is 0 Å². The predicted molar refractivity (Wildman–Crippen MR) is 120 cm³/mol. The Bertz CT molecular complexity index is 893. The lowest BCUT2D eigenvalue weighted by Crippen LogP contribution is -2.50. The Morgan fingerprint density at radius 2 is 1.97 bits per heavy atom. The minimum Gasteiger partial charge on any atom is -0.482 e. The van der Waals surface area contributed by atoms with Crippen LogP contribution in [-0.2, 0) is 30.2 Å². The molecule has 33 heavy (non-hydrogen) atoms. The first-order valence-electron chi connectivity index (χ1n) is 11.2. The number of rotatable bonds is 10. The van der Waals surface area contributed by atoms with Gasteiger partial charge in [-0.3, -0.25) is 9.59 Å². The molecule has 0 aromatic heterocycles. The Morgan fingerprint density at radius 1 is 1.21 bits per heavy atom. The second-order valence-corrected chi connectivity index (χ2v) is 8.40. The standard InChI is InChI=1S/C25H31NO7/c1-17(2)21-16-32-25(30)26(21)24(29)20(15-18-7-4-3-5-8-18)23-22(28)11-10-19(33-23)9-6-13-31-14-12-27/h3-5,7-11,17,20-21,23,27H,6,12-16H2,1-2H3/t20-,21+,23-/m0/s1. The molecule has 0 bridgehead atoms. The second-order valence-electron chi connectivity index (χ2n) is 8.40. The summed E-state index contributed by atoms with van der Waals surface area (Å²) < 4.78 is 16.4. The number of benzene rings is 1. The number of carbonyl (C=O) groups excluding carboxylic acids is 3. The number of cyclic esters (lactones) is 1. The lowest BCUT2D eigenvalue weighted by Gasteiger charge is -2.32. The summed E-state index contributed by atoms with van der Waals surface area (Å²) >= 11 is 0. The van der Waals surface area contributed by atoms with Crippen molar-refractivity contribution in [1.82, 2.24) is 4.90 Å². The number of ether oxygens (including phenoxy) is 3. The molecule has 2 heterocycles. The molecule has 1 fully saturated rings. The maximum atomic E-state index is 13.7. The first kappa shape index (κ1) is 24.7. The predicted octanol–water partition coefficient (Wildman–Crippen LogP) is 2.66. The highest BCUT2D eigenvalue weighted by atomic mass is 16.6. The second kappa shape index (κ2) is 11.8. The van der Waals surface area contributed by atoms with E-state index in [0.29, 0.717) is 18.8 Å². The summed E-state index contributed by atoms with van der Waals surface area (Å²) in [5, 5.41) is 8.79. The maximum absolute atomic E-state index is 13.7. The number of aliphatic hydroxyl groups excluding tert-OH is 1. The Morgan fingerprint density at radius 3 is 2.67 bits per heavy atom. The van der Waals surface area contributed by atoms with Crippen LogP contribution in [0, 0.1) is 11.8 Å². The van der Waals surface area contributed by atoms with Crippen molar-refractivity contribution in [2.75, 3.05) is 26.4 Å². The lowest BCUT2D eigenvalue weighted by atomic mass is 9.88. The molecule has 0 spiro atoms. The molecule has 2 aliphatic heterocycles. The van der Waals surface area contributed by atoms with Gasteiger partial charge in [0.2, 0.25) is 5.91 Å². The summed E-state index contributed by atoms with van der Waals surface area (Å²) in [4.78, 5) is 40.1. The highest BCUT2D eigenvalue weighted by molar-refractivity contribution is 6.02. The Kier molecular flexibility index (Phi) is 8.79. The van der Waals surface area contributed by atoms with E-state index < -0.39 is 30.1 Å². The van der Waals surface area contributed by atoms with E-state index >= 15 is 0 Å². The number of ketones is 1. The van der Waals surface area contributed by atoms with Crippen LogP contribution in [0.1, 0.15) is 25.8 Å². The molecule has 8 nitrogen and oxygen atoms in total. The fourth-order valence-electron chi connectivity index (χ4n) is 3.90. The van der Waals surface area contributed by atoms with E-state index in [4.69, 9.17) is 19.3 Å². The molecule has 1 N–H and O–H groups in total. The van der Waals surface area contributed by atoms with E-state index in [1.165, 1.54) is 6.08 Å². The Balaban J connectivity index is 1.85. The van der Waals surface area contributed by atoms with Crippen molar-refractivity contribution in [1.29, 1.82) is 0 Å². The molecule has 2 aliphatic rings. The fourth-order valence-corrected chi connectivity index (χ4v) is 3.90. The topological polar surface area (TPSA) is 102 Å². The molecule has 8 heteroatoms. The number of allylic oxidation sites excluding steroid dienone is 1. The van der Waals surface area contributed by atoms with Gasteiger partial charge in [-0.15, -0.1) is 0 Å². The lowest BCUT2D eigenvalue weighted by molar-refractivity contribution is -0.144. The third-order valence-corrected chi connectivity index (χ3v) is 5.69. The van der Waals surface area contributed by atoms with Crippen molar-refractivity contribution in [3.8, 4) is 0 Å². The van der Waals surface area contributed by atoms with Crippen LogP contribution in [0.15, 0.2) is 54.3 Å². The summed E-state index contributed by atoms with van der Waals surface area (Å²) in [5.41, 5.74) is 0.860. The van der Waals surface area contributed by atoms with Crippen LogP contribution in [0.4, 0.5) is 4.79 Å². The van der Waals surface area contributed by atoms with Crippen molar-refractivity contribution in [2.24, 2.45) is 11.8 Å². The summed E-state index contributed by atoms with van der Waals surface area (Å²) in [5.74, 6) is -1.23. The van der Waals surface area contributed by atoms with Gasteiger partial charge in [-0.2, -0.15) is 0 Å². The van der Waals surface area contributed by atoms with Gasteiger partial charge in [-0.1, -0.05) is 44.2 Å². The van der Waals surface area contributed by atoms with Crippen LogP contribution in [0.5, 0.6) is 0 Å². The number of imide groups is 1. The molecule has 1 aromatic rings. The zero-order chi connectivity index (χ0) is 23.8. The average molecular weight is 458 g/mol. The van der Waals surface area contributed by atoms with E-state index in [-0.39, 0.29) is 37.9 Å². The van der Waals surface area contributed by atoms with Crippen LogP contribution in [0.3, 0.4) is 0 Å². The SMILES string of the molecule is CC(C)[C@H]1COC(=O)N1C(=O)[C@@H](Cc1ccccc1)[C@@H]1OC(=CCCOCCO)C=CC1=O. The van der Waals surface area contributed by atoms with E-state index in [9.17, 15) is 14.4 Å². The number of hydrogen-bond acceptors (Lipinski definition) is 7. The summed E-state index contributed by atoms with van der Waals surface area (Å²) in [7, 11) is 0. The van der Waals surface area contributed by atoms with Crippen LogP contribution in [0.25, 0.3) is 0 Å². The van der Waals surface area contributed by atoms with Crippen molar-refractivity contribution in [3.05, 3.63) is 59.9 Å². The van der Waals surface area contributed by atoms with Gasteiger partial charge in [-0.25, -0.2) is 9.69 Å². The first-order valence-corrected chi connectivity index (χ1v) is 11.2. The third-order valence-electron chi connectivity index (χ3n) is 5.69. The third kappa shape index (κ3) is 6.30. The monoisotopic (exact) mass is 457 g/mol.